The van der Waals surface area contributed by atoms with E-state index < -0.39 is 12.3 Å². The van der Waals surface area contributed by atoms with Crippen LogP contribution >= 0.6 is 0 Å². The first kappa shape index (κ1) is 15.5. The molecular weight excluding hydrogens is 266 g/mol. The van der Waals surface area contributed by atoms with Crippen molar-refractivity contribution in [1.82, 2.24) is 14.8 Å². The summed E-state index contributed by atoms with van der Waals surface area (Å²) < 4.78 is 7.55. The van der Waals surface area contributed by atoms with E-state index in [1.807, 2.05) is 30.3 Å². The molecule has 0 bridgehead atoms. The van der Waals surface area contributed by atoms with Gasteiger partial charge in [0.2, 0.25) is 6.23 Å². The molecule has 5 heteroatoms. The van der Waals surface area contributed by atoms with E-state index in [0.29, 0.717) is 5.75 Å². The quantitative estimate of drug-likeness (QED) is 0.851. The van der Waals surface area contributed by atoms with E-state index in [-0.39, 0.29) is 5.41 Å². The van der Waals surface area contributed by atoms with Gasteiger partial charge in [0.15, 0.2) is 0 Å². The molecular formula is C16H23N3O2. The Kier molecular flexibility index (Phi) is 4.96. The van der Waals surface area contributed by atoms with Crippen molar-refractivity contribution in [3.63, 3.8) is 0 Å². The number of ether oxygens (including phenoxy) is 1. The second-order valence-corrected chi connectivity index (χ2v) is 5.50. The fraction of sp³-hybridized carbons (Fsp3) is 0.500. The predicted octanol–water partition coefficient (Wildman–Crippen LogP) is 3.04. The SMILES string of the molecule is CCC(C)(CC)C(O)C(Oc1ccccc1)n1cncn1. The minimum Gasteiger partial charge on any atom is -0.466 e. The number of hydrogen-bond acceptors (Lipinski definition) is 4. The summed E-state index contributed by atoms with van der Waals surface area (Å²) in [6.45, 7) is 6.22. The molecule has 1 aromatic carbocycles. The largest absolute Gasteiger partial charge is 0.466 e. The van der Waals surface area contributed by atoms with Crippen molar-refractivity contribution in [3.8, 4) is 5.75 Å². The van der Waals surface area contributed by atoms with E-state index in [4.69, 9.17) is 4.74 Å². The monoisotopic (exact) mass is 289 g/mol. The molecule has 0 radical (unpaired) electrons. The molecule has 0 aliphatic carbocycles. The van der Waals surface area contributed by atoms with Gasteiger partial charge in [-0.15, -0.1) is 0 Å². The van der Waals surface area contributed by atoms with Crippen LogP contribution < -0.4 is 4.74 Å². The number of hydrogen-bond donors (Lipinski definition) is 1. The number of para-hydroxylation sites is 1. The lowest BCUT2D eigenvalue weighted by atomic mass is 9.78. The Labute approximate surface area is 125 Å². The summed E-state index contributed by atoms with van der Waals surface area (Å²) in [5, 5.41) is 15.0. The van der Waals surface area contributed by atoms with E-state index in [9.17, 15) is 5.11 Å². The Morgan fingerprint density at radius 1 is 1.24 bits per heavy atom. The molecule has 2 unspecified atom stereocenters. The standard InChI is InChI=1S/C16H23N3O2/c1-4-16(3,5-2)14(20)15(19-12-17-11-18-19)21-13-9-7-6-8-10-13/h6-12,14-15,20H,4-5H2,1-3H3. The molecule has 0 spiro atoms. The number of rotatable bonds is 7. The number of aliphatic hydroxyl groups is 1. The summed E-state index contributed by atoms with van der Waals surface area (Å²) in [5.41, 5.74) is -0.245. The van der Waals surface area contributed by atoms with Crippen molar-refractivity contribution in [2.45, 2.75) is 45.9 Å². The van der Waals surface area contributed by atoms with Crippen molar-refractivity contribution in [2.24, 2.45) is 5.41 Å². The Bertz CT molecular complexity index is 524. The molecule has 1 aromatic heterocycles. The number of benzene rings is 1. The van der Waals surface area contributed by atoms with Crippen LogP contribution in [0.5, 0.6) is 5.75 Å². The van der Waals surface area contributed by atoms with Crippen molar-refractivity contribution in [2.75, 3.05) is 0 Å². The van der Waals surface area contributed by atoms with Gasteiger partial charge in [0.25, 0.3) is 0 Å². The molecule has 0 saturated carbocycles. The summed E-state index contributed by atoms with van der Waals surface area (Å²) >= 11 is 0. The van der Waals surface area contributed by atoms with Crippen molar-refractivity contribution in [1.29, 1.82) is 0 Å². The highest BCUT2D eigenvalue weighted by molar-refractivity contribution is 5.21. The molecule has 0 amide bonds. The lowest BCUT2D eigenvalue weighted by molar-refractivity contribution is -0.0885. The fourth-order valence-electron chi connectivity index (χ4n) is 2.26. The summed E-state index contributed by atoms with van der Waals surface area (Å²) in [4.78, 5) is 3.96. The highest BCUT2D eigenvalue weighted by Crippen LogP contribution is 2.36. The van der Waals surface area contributed by atoms with Crippen LogP contribution in [-0.2, 0) is 0 Å². The fourth-order valence-corrected chi connectivity index (χ4v) is 2.26. The highest BCUT2D eigenvalue weighted by atomic mass is 16.5. The molecule has 0 aliphatic rings. The third-order valence-corrected chi connectivity index (χ3v) is 4.30. The molecule has 2 rings (SSSR count). The number of aromatic nitrogens is 3. The third-order valence-electron chi connectivity index (χ3n) is 4.30. The van der Waals surface area contributed by atoms with Gasteiger partial charge in [0.1, 0.15) is 24.5 Å². The van der Waals surface area contributed by atoms with E-state index in [1.54, 1.807) is 11.0 Å². The van der Waals surface area contributed by atoms with Gasteiger partial charge >= 0.3 is 0 Å². The highest BCUT2D eigenvalue weighted by Gasteiger charge is 2.38. The van der Waals surface area contributed by atoms with E-state index in [1.165, 1.54) is 6.33 Å². The maximum absolute atomic E-state index is 10.8. The van der Waals surface area contributed by atoms with Crippen LogP contribution in [0.25, 0.3) is 0 Å². The van der Waals surface area contributed by atoms with Gasteiger partial charge in [-0.1, -0.05) is 39.0 Å². The second-order valence-electron chi connectivity index (χ2n) is 5.50. The average Bonchev–Trinajstić information content (AvgIpc) is 3.06. The Balaban J connectivity index is 2.29. The molecule has 114 valence electrons. The molecule has 2 atom stereocenters. The van der Waals surface area contributed by atoms with Gasteiger partial charge in [0.05, 0.1) is 0 Å². The van der Waals surface area contributed by atoms with Gasteiger partial charge in [-0.3, -0.25) is 0 Å². The van der Waals surface area contributed by atoms with Crippen molar-refractivity contribution >= 4 is 0 Å². The summed E-state index contributed by atoms with van der Waals surface area (Å²) in [7, 11) is 0. The van der Waals surface area contributed by atoms with Crippen LogP contribution in [0.3, 0.4) is 0 Å². The van der Waals surface area contributed by atoms with Crippen LogP contribution in [0.15, 0.2) is 43.0 Å². The first-order chi connectivity index (χ1) is 10.1. The van der Waals surface area contributed by atoms with E-state index in [0.717, 1.165) is 12.8 Å². The lowest BCUT2D eigenvalue weighted by Crippen LogP contribution is -2.41. The van der Waals surface area contributed by atoms with Gasteiger partial charge < -0.3 is 9.84 Å². The van der Waals surface area contributed by atoms with Crippen LogP contribution in [0.1, 0.15) is 39.8 Å². The smallest absolute Gasteiger partial charge is 0.219 e. The van der Waals surface area contributed by atoms with Gasteiger partial charge in [0, 0.05) is 0 Å². The molecule has 1 N–H and O–H groups in total. The van der Waals surface area contributed by atoms with Crippen LogP contribution in [0, 0.1) is 5.41 Å². The van der Waals surface area contributed by atoms with E-state index in [2.05, 4.69) is 30.9 Å². The molecule has 1 heterocycles. The molecule has 2 aromatic rings. The topological polar surface area (TPSA) is 60.2 Å². The summed E-state index contributed by atoms with van der Waals surface area (Å²) in [5.74, 6) is 0.701. The Morgan fingerprint density at radius 2 is 1.90 bits per heavy atom. The normalized spacial score (nSPS) is 14.7. The van der Waals surface area contributed by atoms with Gasteiger partial charge in [-0.05, 0) is 30.4 Å². The van der Waals surface area contributed by atoms with Gasteiger partial charge in [-0.2, -0.15) is 5.10 Å². The maximum atomic E-state index is 10.8. The second kappa shape index (κ2) is 6.72. The molecule has 0 fully saturated rings. The third kappa shape index (κ3) is 3.42. The van der Waals surface area contributed by atoms with Crippen molar-refractivity contribution < 1.29 is 9.84 Å². The summed E-state index contributed by atoms with van der Waals surface area (Å²) in [6.07, 6.45) is 3.45. The average molecular weight is 289 g/mol. The molecule has 0 saturated heterocycles. The van der Waals surface area contributed by atoms with Crippen molar-refractivity contribution in [3.05, 3.63) is 43.0 Å². The molecule has 5 nitrogen and oxygen atoms in total. The first-order valence-electron chi connectivity index (χ1n) is 7.34. The number of aliphatic hydroxyl groups excluding tert-OH is 1. The van der Waals surface area contributed by atoms with Crippen LogP contribution in [0.4, 0.5) is 0 Å². The summed E-state index contributed by atoms with van der Waals surface area (Å²) in [6, 6.07) is 9.46. The Morgan fingerprint density at radius 3 is 2.43 bits per heavy atom. The lowest BCUT2D eigenvalue weighted by Gasteiger charge is -2.37. The number of nitrogens with zero attached hydrogens (tertiary/aromatic N) is 3. The first-order valence-corrected chi connectivity index (χ1v) is 7.34. The van der Waals surface area contributed by atoms with E-state index >= 15 is 0 Å². The minimum atomic E-state index is -0.686. The van der Waals surface area contributed by atoms with Crippen LogP contribution in [0.2, 0.25) is 0 Å². The Hall–Kier alpha value is -1.88. The molecule has 21 heavy (non-hydrogen) atoms. The zero-order valence-corrected chi connectivity index (χ0v) is 12.8. The van der Waals surface area contributed by atoms with Gasteiger partial charge in [-0.25, -0.2) is 9.67 Å². The predicted molar refractivity (Wildman–Crippen MR) is 80.8 cm³/mol. The zero-order chi connectivity index (χ0) is 15.3. The molecule has 0 aliphatic heterocycles. The maximum Gasteiger partial charge on any atom is 0.219 e. The minimum absolute atomic E-state index is 0.245. The van der Waals surface area contributed by atoms with Crippen LogP contribution in [-0.4, -0.2) is 26.0 Å². The zero-order valence-electron chi connectivity index (χ0n) is 12.8.